The first-order chi connectivity index (χ1) is 11.1. The van der Waals surface area contributed by atoms with Gasteiger partial charge in [-0.15, -0.1) is 11.3 Å². The van der Waals surface area contributed by atoms with Gasteiger partial charge in [0.05, 0.1) is 11.6 Å². The van der Waals surface area contributed by atoms with Gasteiger partial charge in [0.15, 0.2) is 5.11 Å². The van der Waals surface area contributed by atoms with Gasteiger partial charge in [0, 0.05) is 10.6 Å². The van der Waals surface area contributed by atoms with Crippen molar-refractivity contribution in [2.75, 3.05) is 0 Å². The highest BCUT2D eigenvalue weighted by Gasteiger charge is 2.31. The van der Waals surface area contributed by atoms with Crippen LogP contribution in [0.5, 0.6) is 0 Å². The Kier molecular flexibility index (Phi) is 4.73. The summed E-state index contributed by atoms with van der Waals surface area (Å²) in [6.45, 7) is 2.09. The molecule has 6 heteroatoms. The van der Waals surface area contributed by atoms with E-state index in [0.717, 1.165) is 16.1 Å². The fraction of sp³-hybridized carbons (Fsp3) is 0.176. The van der Waals surface area contributed by atoms with Gasteiger partial charge < -0.3 is 15.4 Å². The molecule has 2 heterocycles. The number of benzene rings is 1. The van der Waals surface area contributed by atoms with Crippen molar-refractivity contribution < 1.29 is 9.53 Å². The third-order valence-electron chi connectivity index (χ3n) is 3.53. The average molecular weight is 344 g/mol. The number of carbonyl (C=O) groups excluding carboxylic acids is 1. The molecule has 2 aromatic rings. The number of hydrogen-bond acceptors (Lipinski definition) is 4. The fourth-order valence-corrected chi connectivity index (χ4v) is 3.49. The number of allylic oxidation sites excluding steroid dienone is 1. The molecule has 0 aliphatic carbocycles. The molecule has 118 valence electrons. The third kappa shape index (κ3) is 3.60. The molecule has 0 amide bonds. The second kappa shape index (κ2) is 6.93. The SMILES string of the molecule is CC1=C(C(=O)OCc2ccccc2)[C@@H](c2cccs2)NC(=S)N1. The number of ether oxygens (including phenoxy) is 1. The van der Waals surface area contributed by atoms with Crippen molar-refractivity contribution >= 4 is 34.6 Å². The number of thiophene rings is 1. The molecular weight excluding hydrogens is 328 g/mol. The first kappa shape index (κ1) is 15.7. The summed E-state index contributed by atoms with van der Waals surface area (Å²) in [7, 11) is 0. The first-order valence-electron chi connectivity index (χ1n) is 7.18. The highest BCUT2D eigenvalue weighted by atomic mass is 32.1. The number of esters is 1. The molecule has 3 rings (SSSR count). The lowest BCUT2D eigenvalue weighted by Gasteiger charge is -2.28. The van der Waals surface area contributed by atoms with E-state index in [-0.39, 0.29) is 18.6 Å². The van der Waals surface area contributed by atoms with Crippen molar-refractivity contribution in [3.63, 3.8) is 0 Å². The summed E-state index contributed by atoms with van der Waals surface area (Å²) in [4.78, 5) is 13.6. The van der Waals surface area contributed by atoms with E-state index in [4.69, 9.17) is 17.0 Å². The molecule has 0 radical (unpaired) electrons. The molecule has 0 spiro atoms. The highest BCUT2D eigenvalue weighted by molar-refractivity contribution is 7.80. The van der Waals surface area contributed by atoms with Gasteiger partial charge in [0.1, 0.15) is 6.61 Å². The Morgan fingerprint density at radius 3 is 2.74 bits per heavy atom. The maximum atomic E-state index is 12.6. The summed E-state index contributed by atoms with van der Waals surface area (Å²) in [6.07, 6.45) is 0. The first-order valence-corrected chi connectivity index (χ1v) is 8.46. The van der Waals surface area contributed by atoms with Crippen LogP contribution in [0.1, 0.15) is 23.4 Å². The van der Waals surface area contributed by atoms with Gasteiger partial charge in [-0.3, -0.25) is 0 Å². The Morgan fingerprint density at radius 2 is 2.04 bits per heavy atom. The van der Waals surface area contributed by atoms with E-state index >= 15 is 0 Å². The quantitative estimate of drug-likeness (QED) is 0.658. The van der Waals surface area contributed by atoms with E-state index in [0.29, 0.717) is 10.7 Å². The molecule has 1 aliphatic rings. The lowest BCUT2D eigenvalue weighted by molar-refractivity contribution is -0.140. The number of thiocarbonyl (C=S) groups is 1. The van der Waals surface area contributed by atoms with Crippen molar-refractivity contribution in [2.24, 2.45) is 0 Å². The highest BCUT2D eigenvalue weighted by Crippen LogP contribution is 2.30. The minimum absolute atomic E-state index is 0.248. The van der Waals surface area contributed by atoms with Crippen molar-refractivity contribution in [1.29, 1.82) is 0 Å². The van der Waals surface area contributed by atoms with Crippen LogP contribution in [0.4, 0.5) is 0 Å². The Morgan fingerprint density at radius 1 is 1.26 bits per heavy atom. The normalized spacial score (nSPS) is 17.4. The average Bonchev–Trinajstić information content (AvgIpc) is 3.07. The summed E-state index contributed by atoms with van der Waals surface area (Å²) < 4.78 is 5.49. The van der Waals surface area contributed by atoms with E-state index in [9.17, 15) is 4.79 Å². The minimum Gasteiger partial charge on any atom is -0.457 e. The zero-order chi connectivity index (χ0) is 16.2. The monoisotopic (exact) mass is 344 g/mol. The van der Waals surface area contributed by atoms with E-state index in [2.05, 4.69) is 10.6 Å². The fourth-order valence-electron chi connectivity index (χ4n) is 2.43. The maximum absolute atomic E-state index is 12.6. The number of rotatable bonds is 4. The maximum Gasteiger partial charge on any atom is 0.338 e. The standard InChI is InChI=1S/C17H16N2O2S2/c1-11-14(16(20)21-10-12-6-3-2-4-7-12)15(19-17(22)18-11)13-8-5-9-23-13/h2-9,15H,10H2,1H3,(H2,18,19,22)/t15-/m1/s1. The summed E-state index contributed by atoms with van der Waals surface area (Å²) >= 11 is 6.79. The number of nitrogens with one attached hydrogen (secondary N) is 2. The Hall–Kier alpha value is -2.18. The minimum atomic E-state index is -0.341. The molecule has 4 nitrogen and oxygen atoms in total. The molecule has 1 aromatic carbocycles. The summed E-state index contributed by atoms with van der Waals surface area (Å²) in [5.74, 6) is -0.341. The molecule has 1 atom stereocenters. The third-order valence-corrected chi connectivity index (χ3v) is 4.69. The molecular formula is C17H16N2O2S2. The summed E-state index contributed by atoms with van der Waals surface area (Å²) in [5.41, 5.74) is 2.25. The van der Waals surface area contributed by atoms with Gasteiger partial charge in [-0.1, -0.05) is 36.4 Å². The number of hydrogen-bond donors (Lipinski definition) is 2. The van der Waals surface area contributed by atoms with Crippen molar-refractivity contribution in [3.8, 4) is 0 Å². The topological polar surface area (TPSA) is 50.4 Å². The Labute approximate surface area is 144 Å². The molecule has 2 N–H and O–H groups in total. The van der Waals surface area contributed by atoms with Crippen LogP contribution in [0.25, 0.3) is 0 Å². The second-order valence-electron chi connectivity index (χ2n) is 5.15. The molecule has 0 saturated heterocycles. The summed E-state index contributed by atoms with van der Waals surface area (Å²) in [6, 6.07) is 13.3. The van der Waals surface area contributed by atoms with Crippen LogP contribution in [0.15, 0.2) is 59.1 Å². The van der Waals surface area contributed by atoms with Crippen LogP contribution in [-0.4, -0.2) is 11.1 Å². The molecule has 0 unspecified atom stereocenters. The van der Waals surface area contributed by atoms with Gasteiger partial charge >= 0.3 is 5.97 Å². The van der Waals surface area contributed by atoms with Gasteiger partial charge in [-0.25, -0.2) is 4.79 Å². The van der Waals surface area contributed by atoms with E-state index < -0.39 is 0 Å². The molecule has 0 fully saturated rings. The lowest BCUT2D eigenvalue weighted by Crippen LogP contribution is -2.44. The van der Waals surface area contributed by atoms with Crippen LogP contribution in [0, 0.1) is 0 Å². The van der Waals surface area contributed by atoms with Crippen LogP contribution >= 0.6 is 23.6 Å². The second-order valence-corrected chi connectivity index (χ2v) is 6.53. The van der Waals surface area contributed by atoms with Gasteiger partial charge in [-0.2, -0.15) is 0 Å². The van der Waals surface area contributed by atoms with E-state index in [1.165, 1.54) is 0 Å². The van der Waals surface area contributed by atoms with E-state index in [1.807, 2.05) is 54.8 Å². The summed E-state index contributed by atoms with van der Waals surface area (Å²) in [5, 5.41) is 8.65. The molecule has 23 heavy (non-hydrogen) atoms. The van der Waals surface area contributed by atoms with Crippen LogP contribution in [-0.2, 0) is 16.1 Å². The number of carbonyl (C=O) groups is 1. The zero-order valence-corrected chi connectivity index (χ0v) is 14.2. The smallest absolute Gasteiger partial charge is 0.338 e. The molecule has 0 bridgehead atoms. The van der Waals surface area contributed by atoms with Crippen molar-refractivity contribution in [2.45, 2.75) is 19.6 Å². The van der Waals surface area contributed by atoms with E-state index in [1.54, 1.807) is 11.3 Å². The van der Waals surface area contributed by atoms with Gasteiger partial charge in [-0.05, 0) is 36.2 Å². The van der Waals surface area contributed by atoms with Crippen LogP contribution < -0.4 is 10.6 Å². The van der Waals surface area contributed by atoms with Crippen molar-refractivity contribution in [1.82, 2.24) is 10.6 Å². The van der Waals surface area contributed by atoms with Gasteiger partial charge in [0.25, 0.3) is 0 Å². The Balaban J connectivity index is 1.81. The van der Waals surface area contributed by atoms with Gasteiger partial charge in [0.2, 0.25) is 0 Å². The molecule has 1 aromatic heterocycles. The lowest BCUT2D eigenvalue weighted by atomic mass is 10.0. The zero-order valence-electron chi connectivity index (χ0n) is 12.5. The predicted molar refractivity (Wildman–Crippen MR) is 94.9 cm³/mol. The predicted octanol–water partition coefficient (Wildman–Crippen LogP) is 3.28. The van der Waals surface area contributed by atoms with Crippen LogP contribution in [0.3, 0.4) is 0 Å². The Bertz CT molecular complexity index is 739. The van der Waals surface area contributed by atoms with Crippen molar-refractivity contribution in [3.05, 3.63) is 69.6 Å². The molecule has 0 saturated carbocycles. The van der Waals surface area contributed by atoms with Crippen LogP contribution in [0.2, 0.25) is 0 Å². The molecule has 1 aliphatic heterocycles. The largest absolute Gasteiger partial charge is 0.457 e.